The standard InChI is InChI=1S/C15H23FN4O.ClH/c1-18(2)7-6-17-15(21)20-10-8-19(9-11-20)14-5-3-4-13(16)12-14;/h3-5,12H,6-11H2,1-2H3,(H,17,21);1H. The summed E-state index contributed by atoms with van der Waals surface area (Å²) in [7, 11) is 3.95. The lowest BCUT2D eigenvalue weighted by molar-refractivity contribution is 0.193. The van der Waals surface area contributed by atoms with Gasteiger partial charge in [-0.3, -0.25) is 0 Å². The van der Waals surface area contributed by atoms with E-state index >= 15 is 0 Å². The molecule has 0 radical (unpaired) electrons. The van der Waals surface area contributed by atoms with Crippen LogP contribution in [-0.2, 0) is 0 Å². The number of nitrogens with zero attached hydrogens (tertiary/aromatic N) is 3. The number of urea groups is 1. The van der Waals surface area contributed by atoms with Crippen molar-refractivity contribution in [3.8, 4) is 0 Å². The highest BCUT2D eigenvalue weighted by molar-refractivity contribution is 5.85. The topological polar surface area (TPSA) is 38.8 Å². The van der Waals surface area contributed by atoms with Gasteiger partial charge in [-0.25, -0.2) is 9.18 Å². The summed E-state index contributed by atoms with van der Waals surface area (Å²) in [4.78, 5) is 17.9. The molecule has 0 bridgehead atoms. The molecule has 2 amide bonds. The SMILES string of the molecule is CN(C)CCNC(=O)N1CCN(c2cccc(F)c2)CC1.Cl. The van der Waals surface area contributed by atoms with Crippen molar-refractivity contribution in [3.63, 3.8) is 0 Å². The summed E-state index contributed by atoms with van der Waals surface area (Å²) in [5.41, 5.74) is 0.877. The zero-order valence-corrected chi connectivity index (χ0v) is 13.9. The second-order valence-corrected chi connectivity index (χ2v) is 5.49. The molecule has 1 aliphatic rings. The molecule has 0 saturated carbocycles. The zero-order chi connectivity index (χ0) is 15.2. The van der Waals surface area contributed by atoms with Gasteiger partial charge in [0.05, 0.1) is 0 Å². The molecular formula is C15H24ClFN4O. The second kappa shape index (κ2) is 8.80. The first kappa shape index (κ1) is 18.5. The smallest absolute Gasteiger partial charge is 0.317 e. The van der Waals surface area contributed by atoms with Gasteiger partial charge in [0.2, 0.25) is 0 Å². The number of piperazine rings is 1. The molecule has 1 heterocycles. The molecule has 0 aromatic heterocycles. The largest absolute Gasteiger partial charge is 0.368 e. The lowest BCUT2D eigenvalue weighted by Gasteiger charge is -2.36. The van der Waals surface area contributed by atoms with Crippen molar-refractivity contribution in [2.45, 2.75) is 0 Å². The van der Waals surface area contributed by atoms with E-state index in [1.54, 1.807) is 6.07 Å². The van der Waals surface area contributed by atoms with Gasteiger partial charge in [0.25, 0.3) is 0 Å². The van der Waals surface area contributed by atoms with Crippen LogP contribution < -0.4 is 10.2 Å². The minimum atomic E-state index is -0.226. The molecule has 7 heteroatoms. The van der Waals surface area contributed by atoms with Crippen molar-refractivity contribution >= 4 is 24.1 Å². The van der Waals surface area contributed by atoms with Crippen LogP contribution in [0.2, 0.25) is 0 Å². The Hall–Kier alpha value is -1.53. The Balaban J connectivity index is 0.00000242. The lowest BCUT2D eigenvalue weighted by Crippen LogP contribution is -2.52. The fourth-order valence-corrected chi connectivity index (χ4v) is 2.34. The summed E-state index contributed by atoms with van der Waals surface area (Å²) in [6, 6.07) is 6.57. The molecular weight excluding hydrogens is 307 g/mol. The molecule has 1 saturated heterocycles. The Bertz CT molecular complexity index is 478. The number of anilines is 1. The maximum atomic E-state index is 13.2. The highest BCUT2D eigenvalue weighted by atomic mass is 35.5. The van der Waals surface area contributed by atoms with Gasteiger partial charge < -0.3 is 20.0 Å². The highest BCUT2D eigenvalue weighted by Crippen LogP contribution is 2.17. The number of hydrogen-bond donors (Lipinski definition) is 1. The van der Waals surface area contributed by atoms with Crippen LogP contribution in [0, 0.1) is 5.82 Å². The van der Waals surface area contributed by atoms with Gasteiger partial charge in [-0.2, -0.15) is 0 Å². The van der Waals surface area contributed by atoms with E-state index in [2.05, 4.69) is 10.2 Å². The number of rotatable bonds is 4. The van der Waals surface area contributed by atoms with Crippen LogP contribution in [0.1, 0.15) is 0 Å². The predicted octanol–water partition coefficient (Wildman–Crippen LogP) is 1.64. The minimum Gasteiger partial charge on any atom is -0.368 e. The molecule has 1 aromatic rings. The number of hydrogen-bond acceptors (Lipinski definition) is 3. The highest BCUT2D eigenvalue weighted by Gasteiger charge is 2.21. The van der Waals surface area contributed by atoms with Crippen LogP contribution in [0.3, 0.4) is 0 Å². The van der Waals surface area contributed by atoms with Gasteiger partial charge in [-0.15, -0.1) is 12.4 Å². The molecule has 5 nitrogen and oxygen atoms in total. The molecule has 0 atom stereocenters. The van der Waals surface area contributed by atoms with Gasteiger partial charge >= 0.3 is 6.03 Å². The first-order chi connectivity index (χ1) is 10.1. The van der Waals surface area contributed by atoms with E-state index in [0.717, 1.165) is 25.3 Å². The summed E-state index contributed by atoms with van der Waals surface area (Å²) in [6.45, 7) is 4.24. The van der Waals surface area contributed by atoms with E-state index in [1.807, 2.05) is 30.0 Å². The third kappa shape index (κ3) is 5.35. The second-order valence-electron chi connectivity index (χ2n) is 5.49. The first-order valence-corrected chi connectivity index (χ1v) is 7.24. The minimum absolute atomic E-state index is 0. The summed E-state index contributed by atoms with van der Waals surface area (Å²) >= 11 is 0. The quantitative estimate of drug-likeness (QED) is 0.912. The maximum Gasteiger partial charge on any atom is 0.317 e. The van der Waals surface area contributed by atoms with Gasteiger partial charge in [-0.05, 0) is 32.3 Å². The molecule has 0 unspecified atom stereocenters. The Labute approximate surface area is 137 Å². The molecule has 2 rings (SSSR count). The fraction of sp³-hybridized carbons (Fsp3) is 0.533. The number of nitrogens with one attached hydrogen (secondary N) is 1. The van der Waals surface area contributed by atoms with Crippen LogP contribution in [0.15, 0.2) is 24.3 Å². The van der Waals surface area contributed by atoms with E-state index in [-0.39, 0.29) is 24.3 Å². The normalized spacial score (nSPS) is 14.7. The lowest BCUT2D eigenvalue weighted by atomic mass is 10.2. The maximum absolute atomic E-state index is 13.2. The van der Waals surface area contributed by atoms with Gasteiger partial charge in [-0.1, -0.05) is 6.07 Å². The van der Waals surface area contributed by atoms with Crippen molar-refractivity contribution in [3.05, 3.63) is 30.1 Å². The predicted molar refractivity (Wildman–Crippen MR) is 89.4 cm³/mol. The first-order valence-electron chi connectivity index (χ1n) is 7.24. The molecule has 0 spiro atoms. The average Bonchev–Trinajstić information content (AvgIpc) is 2.47. The Kier molecular flexibility index (Phi) is 7.41. The number of benzene rings is 1. The molecule has 1 N–H and O–H groups in total. The number of carbonyl (C=O) groups is 1. The molecule has 22 heavy (non-hydrogen) atoms. The number of halogens is 2. The van der Waals surface area contributed by atoms with Crippen molar-refractivity contribution in [1.29, 1.82) is 0 Å². The summed E-state index contributed by atoms with van der Waals surface area (Å²) < 4.78 is 13.2. The van der Waals surface area contributed by atoms with Crippen LogP contribution in [0.4, 0.5) is 14.9 Å². The van der Waals surface area contributed by atoms with Crippen molar-refractivity contribution in [2.75, 3.05) is 58.3 Å². The average molecular weight is 331 g/mol. The monoisotopic (exact) mass is 330 g/mol. The number of likely N-dealkylation sites (N-methyl/N-ethyl adjacent to an activating group) is 1. The summed E-state index contributed by atoms with van der Waals surface area (Å²) in [5.74, 6) is -0.226. The van der Waals surface area contributed by atoms with E-state index in [1.165, 1.54) is 12.1 Å². The molecule has 124 valence electrons. The molecule has 1 aromatic carbocycles. The van der Waals surface area contributed by atoms with Crippen LogP contribution in [-0.4, -0.2) is 69.2 Å². The van der Waals surface area contributed by atoms with E-state index in [9.17, 15) is 9.18 Å². The number of carbonyl (C=O) groups excluding carboxylic acids is 1. The van der Waals surface area contributed by atoms with Crippen molar-refractivity contribution in [1.82, 2.24) is 15.1 Å². The third-order valence-electron chi connectivity index (χ3n) is 3.58. The fourth-order valence-electron chi connectivity index (χ4n) is 2.34. The van der Waals surface area contributed by atoms with E-state index in [4.69, 9.17) is 0 Å². The Morgan fingerprint density at radius 1 is 1.27 bits per heavy atom. The van der Waals surface area contributed by atoms with Crippen LogP contribution >= 0.6 is 12.4 Å². The Morgan fingerprint density at radius 2 is 1.95 bits per heavy atom. The van der Waals surface area contributed by atoms with Crippen LogP contribution in [0.5, 0.6) is 0 Å². The summed E-state index contributed by atoms with van der Waals surface area (Å²) in [6.07, 6.45) is 0. The van der Waals surface area contributed by atoms with E-state index in [0.29, 0.717) is 19.6 Å². The summed E-state index contributed by atoms with van der Waals surface area (Å²) in [5, 5.41) is 2.91. The van der Waals surface area contributed by atoms with E-state index < -0.39 is 0 Å². The molecule has 1 aliphatic heterocycles. The van der Waals surface area contributed by atoms with Crippen LogP contribution in [0.25, 0.3) is 0 Å². The van der Waals surface area contributed by atoms with Gasteiger partial charge in [0, 0.05) is 45.0 Å². The number of amides is 2. The molecule has 1 fully saturated rings. The zero-order valence-electron chi connectivity index (χ0n) is 13.1. The third-order valence-corrected chi connectivity index (χ3v) is 3.58. The molecule has 0 aliphatic carbocycles. The van der Waals surface area contributed by atoms with Crippen molar-refractivity contribution < 1.29 is 9.18 Å². The van der Waals surface area contributed by atoms with Gasteiger partial charge in [0.1, 0.15) is 5.82 Å². The van der Waals surface area contributed by atoms with Crippen molar-refractivity contribution in [2.24, 2.45) is 0 Å². The van der Waals surface area contributed by atoms with Gasteiger partial charge in [0.15, 0.2) is 0 Å². The Morgan fingerprint density at radius 3 is 2.55 bits per heavy atom.